The Bertz CT molecular complexity index is 804. The minimum Gasteiger partial charge on any atom is -0.465 e. The zero-order chi connectivity index (χ0) is 20.0. The van der Waals surface area contributed by atoms with Gasteiger partial charge in [-0.2, -0.15) is 0 Å². The van der Waals surface area contributed by atoms with Crippen LogP contribution < -0.4 is 10.6 Å². The third-order valence-corrected chi connectivity index (χ3v) is 3.98. The average molecular weight is 377 g/mol. The largest absolute Gasteiger partial charge is 0.465 e. The van der Waals surface area contributed by atoms with E-state index in [0.717, 1.165) is 5.76 Å². The topological polar surface area (TPSA) is 109 Å². The van der Waals surface area contributed by atoms with Crippen LogP contribution in [0.3, 0.4) is 0 Å². The summed E-state index contributed by atoms with van der Waals surface area (Å²) >= 11 is 0. The highest BCUT2D eigenvalue weighted by Crippen LogP contribution is 2.22. The minimum absolute atomic E-state index is 0.205. The molecule has 0 aliphatic rings. The lowest BCUT2D eigenvalue weighted by atomic mass is 10.0. The van der Waals surface area contributed by atoms with Gasteiger partial charge < -0.3 is 29.3 Å². The Kier molecular flexibility index (Phi) is 6.68. The molecule has 2 aromatic heterocycles. The third-order valence-electron chi connectivity index (χ3n) is 3.98. The first-order valence-electron chi connectivity index (χ1n) is 8.76. The van der Waals surface area contributed by atoms with Gasteiger partial charge in [-0.15, -0.1) is 0 Å². The van der Waals surface area contributed by atoms with Crippen molar-refractivity contribution >= 4 is 11.9 Å². The van der Waals surface area contributed by atoms with Crippen LogP contribution in [0.4, 0.5) is 0 Å². The SMILES string of the molecule is CCNC(=NCc1cc(C(=O)OC)c(C)o1)NCC(C)(O)c1ccc(C)o1. The Morgan fingerprint density at radius 1 is 1.30 bits per heavy atom. The van der Waals surface area contributed by atoms with Crippen LogP contribution in [-0.2, 0) is 16.9 Å². The molecule has 3 N–H and O–H groups in total. The highest BCUT2D eigenvalue weighted by atomic mass is 16.5. The molecular weight excluding hydrogens is 350 g/mol. The van der Waals surface area contributed by atoms with E-state index in [0.29, 0.717) is 35.3 Å². The molecule has 148 valence electrons. The second-order valence-electron chi connectivity index (χ2n) is 6.41. The molecule has 0 saturated heterocycles. The lowest BCUT2D eigenvalue weighted by Crippen LogP contribution is -2.44. The Balaban J connectivity index is 2.05. The first-order chi connectivity index (χ1) is 12.8. The van der Waals surface area contributed by atoms with Crippen molar-refractivity contribution in [2.24, 2.45) is 4.99 Å². The van der Waals surface area contributed by atoms with Gasteiger partial charge in [0.2, 0.25) is 0 Å². The number of nitrogens with one attached hydrogen (secondary N) is 2. The summed E-state index contributed by atoms with van der Waals surface area (Å²) in [7, 11) is 1.33. The summed E-state index contributed by atoms with van der Waals surface area (Å²) in [6.45, 7) is 8.22. The van der Waals surface area contributed by atoms with Crippen LogP contribution in [0.15, 0.2) is 32.0 Å². The first-order valence-corrected chi connectivity index (χ1v) is 8.76. The highest BCUT2D eigenvalue weighted by Gasteiger charge is 2.27. The van der Waals surface area contributed by atoms with E-state index in [1.165, 1.54) is 7.11 Å². The summed E-state index contributed by atoms with van der Waals surface area (Å²) in [5, 5.41) is 16.8. The number of hydrogen-bond donors (Lipinski definition) is 3. The van der Waals surface area contributed by atoms with Gasteiger partial charge >= 0.3 is 5.97 Å². The van der Waals surface area contributed by atoms with E-state index in [9.17, 15) is 9.90 Å². The zero-order valence-corrected chi connectivity index (χ0v) is 16.4. The first kappa shape index (κ1) is 20.6. The number of methoxy groups -OCH3 is 1. The monoisotopic (exact) mass is 377 g/mol. The molecule has 8 nitrogen and oxygen atoms in total. The fourth-order valence-electron chi connectivity index (χ4n) is 2.50. The Hall–Kier alpha value is -2.74. The van der Waals surface area contributed by atoms with Gasteiger partial charge in [0.15, 0.2) is 5.96 Å². The van der Waals surface area contributed by atoms with E-state index in [1.807, 2.05) is 13.8 Å². The van der Waals surface area contributed by atoms with Crippen molar-refractivity contribution in [1.82, 2.24) is 10.6 Å². The number of rotatable bonds is 7. The fraction of sp³-hybridized carbons (Fsp3) is 0.474. The standard InChI is InChI=1S/C19H27N3O5/c1-6-20-18(22-11-19(4,24)16-8-7-12(2)26-16)21-10-14-9-15(13(3)27-14)17(23)25-5/h7-9,24H,6,10-11H2,1-5H3,(H2,20,21,22). The summed E-state index contributed by atoms with van der Waals surface area (Å²) in [4.78, 5) is 16.1. The fourth-order valence-corrected chi connectivity index (χ4v) is 2.50. The Morgan fingerprint density at radius 3 is 2.63 bits per heavy atom. The maximum atomic E-state index is 11.7. The number of aryl methyl sites for hydroxylation is 2. The maximum Gasteiger partial charge on any atom is 0.341 e. The lowest BCUT2D eigenvalue weighted by Gasteiger charge is -2.22. The number of furan rings is 2. The number of guanidine groups is 1. The second kappa shape index (κ2) is 8.77. The van der Waals surface area contributed by atoms with Gasteiger partial charge in [0.25, 0.3) is 0 Å². The van der Waals surface area contributed by atoms with Crippen molar-refractivity contribution in [2.45, 2.75) is 39.8 Å². The van der Waals surface area contributed by atoms with Gasteiger partial charge in [-0.05, 0) is 45.9 Å². The molecule has 0 saturated carbocycles. The molecule has 2 rings (SSSR count). The van der Waals surface area contributed by atoms with E-state index in [4.69, 9.17) is 13.6 Å². The molecule has 0 aromatic carbocycles. The van der Waals surface area contributed by atoms with Crippen molar-refractivity contribution < 1.29 is 23.5 Å². The van der Waals surface area contributed by atoms with Gasteiger partial charge in [-0.3, -0.25) is 0 Å². The molecule has 0 spiro atoms. The van der Waals surface area contributed by atoms with Crippen LogP contribution >= 0.6 is 0 Å². The molecule has 0 radical (unpaired) electrons. The van der Waals surface area contributed by atoms with Crippen LogP contribution in [0.25, 0.3) is 0 Å². The van der Waals surface area contributed by atoms with Gasteiger partial charge in [0.1, 0.15) is 40.8 Å². The second-order valence-corrected chi connectivity index (χ2v) is 6.41. The summed E-state index contributed by atoms with van der Waals surface area (Å²) < 4.78 is 15.8. The van der Waals surface area contributed by atoms with E-state index in [2.05, 4.69) is 15.6 Å². The average Bonchev–Trinajstić information content (AvgIpc) is 3.23. The van der Waals surface area contributed by atoms with Gasteiger partial charge in [-0.25, -0.2) is 9.79 Å². The van der Waals surface area contributed by atoms with Crippen LogP contribution in [0.5, 0.6) is 0 Å². The van der Waals surface area contributed by atoms with Crippen molar-refractivity contribution in [3.8, 4) is 0 Å². The molecule has 1 unspecified atom stereocenters. The van der Waals surface area contributed by atoms with Crippen molar-refractivity contribution in [2.75, 3.05) is 20.2 Å². The lowest BCUT2D eigenvalue weighted by molar-refractivity contribution is 0.0378. The molecule has 8 heteroatoms. The number of carbonyl (C=O) groups is 1. The van der Waals surface area contributed by atoms with E-state index in [-0.39, 0.29) is 13.1 Å². The number of carbonyl (C=O) groups excluding carboxylic acids is 1. The molecule has 0 fully saturated rings. The maximum absolute atomic E-state index is 11.7. The van der Waals surface area contributed by atoms with Gasteiger partial charge in [0, 0.05) is 6.54 Å². The third kappa shape index (κ3) is 5.37. The van der Waals surface area contributed by atoms with Crippen LogP contribution in [0.1, 0.15) is 47.2 Å². The van der Waals surface area contributed by atoms with Crippen LogP contribution in [0.2, 0.25) is 0 Å². The van der Waals surface area contributed by atoms with E-state index in [1.54, 1.807) is 32.0 Å². The van der Waals surface area contributed by atoms with Crippen LogP contribution in [0, 0.1) is 13.8 Å². The number of nitrogens with zero attached hydrogens (tertiary/aromatic N) is 1. The molecule has 1 atom stereocenters. The Morgan fingerprint density at radius 2 is 2.04 bits per heavy atom. The predicted molar refractivity (Wildman–Crippen MR) is 101 cm³/mol. The number of hydrogen-bond acceptors (Lipinski definition) is 6. The zero-order valence-electron chi connectivity index (χ0n) is 16.4. The van der Waals surface area contributed by atoms with E-state index >= 15 is 0 Å². The van der Waals surface area contributed by atoms with E-state index < -0.39 is 11.6 Å². The molecule has 0 amide bonds. The smallest absolute Gasteiger partial charge is 0.341 e. The predicted octanol–water partition coefficient (Wildman–Crippen LogP) is 2.24. The van der Waals surface area contributed by atoms with Gasteiger partial charge in [0.05, 0.1) is 13.7 Å². The molecule has 27 heavy (non-hydrogen) atoms. The number of aliphatic hydroxyl groups is 1. The van der Waals surface area contributed by atoms with Crippen LogP contribution in [-0.4, -0.2) is 37.2 Å². The summed E-state index contributed by atoms with van der Waals surface area (Å²) in [6.07, 6.45) is 0. The summed E-state index contributed by atoms with van der Waals surface area (Å²) in [6, 6.07) is 5.18. The Labute approximate surface area is 158 Å². The molecule has 0 bridgehead atoms. The molecule has 0 aliphatic heterocycles. The number of esters is 1. The molecular formula is C19H27N3O5. The van der Waals surface area contributed by atoms with Crippen molar-refractivity contribution in [1.29, 1.82) is 0 Å². The minimum atomic E-state index is -1.19. The summed E-state index contributed by atoms with van der Waals surface area (Å²) in [5.74, 6) is 2.31. The molecule has 2 heterocycles. The van der Waals surface area contributed by atoms with Crippen molar-refractivity contribution in [3.05, 3.63) is 46.8 Å². The molecule has 0 aliphatic carbocycles. The summed E-state index contributed by atoms with van der Waals surface area (Å²) in [5.41, 5.74) is -0.805. The number of ether oxygens (including phenoxy) is 1. The highest BCUT2D eigenvalue weighted by molar-refractivity contribution is 5.90. The molecule has 2 aromatic rings. The van der Waals surface area contributed by atoms with Crippen molar-refractivity contribution in [3.63, 3.8) is 0 Å². The van der Waals surface area contributed by atoms with Gasteiger partial charge in [-0.1, -0.05) is 0 Å². The normalized spacial score (nSPS) is 13.9. The number of aliphatic imine (C=N–C) groups is 1. The quantitative estimate of drug-likeness (QED) is 0.386.